The van der Waals surface area contributed by atoms with Crippen LogP contribution in [0.3, 0.4) is 0 Å². The maximum Gasteiger partial charge on any atom is 0.337 e. The van der Waals surface area contributed by atoms with Gasteiger partial charge in [0.2, 0.25) is 10.0 Å². The second kappa shape index (κ2) is 8.45. The third kappa shape index (κ3) is 6.31. The van der Waals surface area contributed by atoms with Crippen LogP contribution in [-0.4, -0.2) is 38.9 Å². The first-order valence-electron chi connectivity index (χ1n) is 7.80. The molecular weight excluding hydrogens is 314 g/mol. The molecule has 0 aliphatic heterocycles. The summed E-state index contributed by atoms with van der Waals surface area (Å²) in [5.74, 6) is -0.0719. The number of methoxy groups -OCH3 is 1. The third-order valence-corrected chi connectivity index (χ3v) is 5.01. The van der Waals surface area contributed by atoms with Gasteiger partial charge in [0.25, 0.3) is 0 Å². The van der Waals surface area contributed by atoms with E-state index < -0.39 is 16.0 Å². The van der Waals surface area contributed by atoms with Gasteiger partial charge in [0, 0.05) is 13.1 Å². The highest BCUT2D eigenvalue weighted by molar-refractivity contribution is 7.88. The molecule has 1 aromatic carbocycles. The van der Waals surface area contributed by atoms with E-state index in [9.17, 15) is 13.2 Å². The summed E-state index contributed by atoms with van der Waals surface area (Å²) in [6, 6.07) is 6.58. The molecule has 23 heavy (non-hydrogen) atoms. The fourth-order valence-corrected chi connectivity index (χ4v) is 4.16. The molecule has 1 rings (SSSR count). The molecule has 0 N–H and O–H groups in total. The van der Waals surface area contributed by atoms with E-state index in [0.29, 0.717) is 24.2 Å². The van der Waals surface area contributed by atoms with Crippen LogP contribution in [0.1, 0.15) is 43.6 Å². The van der Waals surface area contributed by atoms with E-state index in [1.165, 1.54) is 7.11 Å². The van der Waals surface area contributed by atoms with Crippen molar-refractivity contribution in [3.05, 3.63) is 35.4 Å². The lowest BCUT2D eigenvalue weighted by atomic mass is 10.1. The zero-order valence-electron chi connectivity index (χ0n) is 14.6. The van der Waals surface area contributed by atoms with E-state index in [2.05, 4.69) is 4.74 Å². The summed E-state index contributed by atoms with van der Waals surface area (Å²) in [6.07, 6.45) is 0. The van der Waals surface area contributed by atoms with Gasteiger partial charge in [-0.25, -0.2) is 17.5 Å². The van der Waals surface area contributed by atoms with Crippen LogP contribution < -0.4 is 0 Å². The molecule has 0 aromatic heterocycles. The molecule has 5 nitrogen and oxygen atoms in total. The summed E-state index contributed by atoms with van der Waals surface area (Å²) in [7, 11) is -2.13. The summed E-state index contributed by atoms with van der Waals surface area (Å²) < 4.78 is 31.7. The van der Waals surface area contributed by atoms with Gasteiger partial charge in [-0.3, -0.25) is 0 Å². The number of hydrogen-bond donors (Lipinski definition) is 0. The molecule has 0 saturated heterocycles. The van der Waals surface area contributed by atoms with Crippen LogP contribution in [0.5, 0.6) is 0 Å². The number of nitrogens with zero attached hydrogens (tertiary/aromatic N) is 1. The number of esters is 1. The molecule has 0 spiro atoms. The van der Waals surface area contributed by atoms with Crippen molar-refractivity contribution in [3.8, 4) is 0 Å². The van der Waals surface area contributed by atoms with E-state index in [0.717, 1.165) is 0 Å². The highest BCUT2D eigenvalue weighted by atomic mass is 32.2. The van der Waals surface area contributed by atoms with Crippen LogP contribution in [0.25, 0.3) is 0 Å². The molecule has 0 bridgehead atoms. The Kier molecular flexibility index (Phi) is 7.22. The van der Waals surface area contributed by atoms with Gasteiger partial charge in [-0.05, 0) is 29.5 Å². The summed E-state index contributed by atoms with van der Waals surface area (Å²) in [6.45, 7) is 9.00. The lowest BCUT2D eigenvalue weighted by Crippen LogP contribution is -2.37. The number of ether oxygens (including phenoxy) is 1. The molecule has 0 radical (unpaired) electrons. The lowest BCUT2D eigenvalue weighted by Gasteiger charge is -2.25. The molecule has 0 saturated carbocycles. The van der Waals surface area contributed by atoms with E-state index in [-0.39, 0.29) is 17.6 Å². The van der Waals surface area contributed by atoms with Gasteiger partial charge >= 0.3 is 5.97 Å². The molecule has 130 valence electrons. The topological polar surface area (TPSA) is 63.7 Å². The maximum atomic E-state index is 12.7. The van der Waals surface area contributed by atoms with Crippen molar-refractivity contribution in [2.45, 2.75) is 33.4 Å². The number of hydrogen-bond acceptors (Lipinski definition) is 4. The first-order chi connectivity index (χ1) is 10.7. The van der Waals surface area contributed by atoms with Gasteiger partial charge in [0.05, 0.1) is 18.4 Å². The molecule has 0 aliphatic rings. The highest BCUT2D eigenvalue weighted by Crippen LogP contribution is 2.16. The quantitative estimate of drug-likeness (QED) is 0.682. The Morgan fingerprint density at radius 2 is 1.70 bits per heavy atom. The normalized spacial score (nSPS) is 12.2. The largest absolute Gasteiger partial charge is 0.465 e. The molecule has 0 fully saturated rings. The minimum atomic E-state index is -3.43. The predicted molar refractivity (Wildman–Crippen MR) is 91.7 cm³/mol. The summed E-state index contributed by atoms with van der Waals surface area (Å²) in [5.41, 5.74) is 0.949. The second-order valence-corrected chi connectivity index (χ2v) is 8.52. The van der Waals surface area contributed by atoms with Crippen LogP contribution in [0.4, 0.5) is 0 Å². The molecule has 0 aliphatic carbocycles. The molecule has 0 heterocycles. The van der Waals surface area contributed by atoms with Crippen molar-refractivity contribution >= 4 is 16.0 Å². The van der Waals surface area contributed by atoms with Crippen molar-refractivity contribution < 1.29 is 17.9 Å². The van der Waals surface area contributed by atoms with Gasteiger partial charge < -0.3 is 4.74 Å². The highest BCUT2D eigenvalue weighted by Gasteiger charge is 2.24. The molecule has 0 atom stereocenters. The minimum absolute atomic E-state index is 0.114. The van der Waals surface area contributed by atoms with Crippen LogP contribution in [-0.2, 0) is 20.5 Å². The first kappa shape index (κ1) is 19.6. The monoisotopic (exact) mass is 341 g/mol. The Morgan fingerprint density at radius 3 is 2.17 bits per heavy atom. The minimum Gasteiger partial charge on any atom is -0.465 e. The van der Waals surface area contributed by atoms with Crippen LogP contribution in [0.2, 0.25) is 0 Å². The zero-order valence-corrected chi connectivity index (χ0v) is 15.4. The van der Waals surface area contributed by atoms with Crippen molar-refractivity contribution in [3.63, 3.8) is 0 Å². The number of rotatable bonds is 8. The molecule has 1 aromatic rings. The Labute approximate surface area is 139 Å². The Bertz CT molecular complexity index is 613. The lowest BCUT2D eigenvalue weighted by molar-refractivity contribution is 0.0600. The summed E-state index contributed by atoms with van der Waals surface area (Å²) >= 11 is 0. The van der Waals surface area contributed by atoms with E-state index >= 15 is 0 Å². The zero-order chi connectivity index (χ0) is 17.6. The van der Waals surface area contributed by atoms with Gasteiger partial charge in [-0.2, -0.15) is 0 Å². The Balaban J connectivity index is 3.00. The van der Waals surface area contributed by atoms with Crippen LogP contribution in [0, 0.1) is 11.8 Å². The van der Waals surface area contributed by atoms with E-state index in [4.69, 9.17) is 0 Å². The van der Waals surface area contributed by atoms with Crippen molar-refractivity contribution in [1.29, 1.82) is 0 Å². The van der Waals surface area contributed by atoms with E-state index in [1.54, 1.807) is 28.6 Å². The Hall–Kier alpha value is -1.40. The number of sulfonamides is 1. The number of benzene rings is 1. The maximum absolute atomic E-state index is 12.7. The standard InChI is InChI=1S/C17H27NO4S/c1-13(2)10-18(11-14(3)4)23(20,21)12-15-7-6-8-16(9-15)17(19)22-5/h6-9,13-14H,10-12H2,1-5H3. The summed E-state index contributed by atoms with van der Waals surface area (Å²) in [4.78, 5) is 11.6. The molecule has 0 amide bonds. The van der Waals surface area contributed by atoms with Crippen LogP contribution >= 0.6 is 0 Å². The van der Waals surface area contributed by atoms with Crippen LogP contribution in [0.15, 0.2) is 24.3 Å². The van der Waals surface area contributed by atoms with Crippen molar-refractivity contribution in [2.75, 3.05) is 20.2 Å². The van der Waals surface area contributed by atoms with E-state index in [1.807, 2.05) is 27.7 Å². The Morgan fingerprint density at radius 1 is 1.13 bits per heavy atom. The smallest absolute Gasteiger partial charge is 0.337 e. The van der Waals surface area contributed by atoms with Crippen molar-refractivity contribution in [2.24, 2.45) is 11.8 Å². The molecule has 0 unspecified atom stereocenters. The summed E-state index contributed by atoms with van der Waals surface area (Å²) in [5, 5.41) is 0. The average Bonchev–Trinajstić information content (AvgIpc) is 2.44. The number of carbonyl (C=O) groups excluding carboxylic acids is 1. The fourth-order valence-electron chi connectivity index (χ4n) is 2.32. The first-order valence-corrected chi connectivity index (χ1v) is 9.41. The SMILES string of the molecule is COC(=O)c1cccc(CS(=O)(=O)N(CC(C)C)CC(C)C)c1. The average molecular weight is 341 g/mol. The molecular formula is C17H27NO4S. The van der Waals surface area contributed by atoms with Gasteiger partial charge in [-0.15, -0.1) is 0 Å². The van der Waals surface area contributed by atoms with Crippen molar-refractivity contribution in [1.82, 2.24) is 4.31 Å². The third-order valence-electron chi connectivity index (χ3n) is 3.23. The van der Waals surface area contributed by atoms with Gasteiger partial charge in [0.1, 0.15) is 0 Å². The molecule has 6 heteroatoms. The fraction of sp³-hybridized carbons (Fsp3) is 0.588. The van der Waals surface area contributed by atoms with Gasteiger partial charge in [-0.1, -0.05) is 39.8 Å². The van der Waals surface area contributed by atoms with Gasteiger partial charge in [0.15, 0.2) is 0 Å². The number of carbonyl (C=O) groups is 1. The second-order valence-electron chi connectivity index (χ2n) is 6.55. The predicted octanol–water partition coefficient (Wildman–Crippen LogP) is 2.92.